The predicted molar refractivity (Wildman–Crippen MR) is 94.4 cm³/mol. The van der Waals surface area contributed by atoms with Gasteiger partial charge in [0.15, 0.2) is 11.3 Å². The maximum Gasteiger partial charge on any atom is 0.332 e. The van der Waals surface area contributed by atoms with E-state index in [4.69, 9.17) is 9.15 Å². The SMILES string of the molecule is COc1cccc2cc(C(=O)Nc3ccc(F)cc3F)/c(=N/OC(C)=O)oc12. The molecule has 0 atom stereocenters. The Balaban J connectivity index is 2.11. The summed E-state index contributed by atoms with van der Waals surface area (Å²) < 4.78 is 37.7. The van der Waals surface area contributed by atoms with E-state index in [2.05, 4.69) is 15.3 Å². The Kier molecular flexibility index (Phi) is 5.35. The second-order valence-corrected chi connectivity index (χ2v) is 5.60. The number of para-hydroxylation sites is 1. The first-order valence-electron chi connectivity index (χ1n) is 7.98. The van der Waals surface area contributed by atoms with Crippen molar-refractivity contribution in [2.75, 3.05) is 12.4 Å². The Hall–Kier alpha value is -3.75. The molecule has 3 rings (SSSR count). The molecular formula is C19H14F2N2O5. The van der Waals surface area contributed by atoms with E-state index in [0.29, 0.717) is 17.2 Å². The zero-order valence-corrected chi connectivity index (χ0v) is 14.8. The highest BCUT2D eigenvalue weighted by atomic mass is 19.1. The van der Waals surface area contributed by atoms with Gasteiger partial charge in [0.25, 0.3) is 11.5 Å². The quantitative estimate of drug-likeness (QED) is 0.547. The van der Waals surface area contributed by atoms with Crippen LogP contribution in [-0.4, -0.2) is 19.0 Å². The first-order valence-corrected chi connectivity index (χ1v) is 7.98. The van der Waals surface area contributed by atoms with Gasteiger partial charge in [-0.05, 0) is 29.4 Å². The lowest BCUT2D eigenvalue weighted by Crippen LogP contribution is -2.23. The van der Waals surface area contributed by atoms with Crippen LogP contribution in [0.4, 0.5) is 14.5 Å². The van der Waals surface area contributed by atoms with Crippen LogP contribution in [0, 0.1) is 11.6 Å². The Bertz CT molecular complexity index is 1140. The fourth-order valence-corrected chi connectivity index (χ4v) is 2.40. The van der Waals surface area contributed by atoms with Crippen LogP contribution >= 0.6 is 0 Å². The molecule has 28 heavy (non-hydrogen) atoms. The lowest BCUT2D eigenvalue weighted by Gasteiger charge is -2.09. The summed E-state index contributed by atoms with van der Waals surface area (Å²) in [5.41, 5.74) is -0.436. The van der Waals surface area contributed by atoms with E-state index in [1.807, 2.05) is 0 Å². The van der Waals surface area contributed by atoms with Crippen molar-refractivity contribution in [2.45, 2.75) is 6.92 Å². The van der Waals surface area contributed by atoms with Gasteiger partial charge in [0, 0.05) is 18.4 Å². The number of hydrogen-bond donors (Lipinski definition) is 1. The Morgan fingerprint density at radius 2 is 1.93 bits per heavy atom. The number of nitrogens with one attached hydrogen (secondary N) is 1. The molecule has 3 aromatic rings. The van der Waals surface area contributed by atoms with E-state index in [-0.39, 0.29) is 22.4 Å². The standard InChI is InChI=1S/C19H14F2N2O5/c1-10(24)28-23-19-13(8-11-4-3-5-16(26-2)17(11)27-19)18(25)22-15-7-6-12(20)9-14(15)21/h3-9H,1-2H3,(H,22,25)/b23-19-. The Morgan fingerprint density at radius 1 is 1.14 bits per heavy atom. The Labute approximate surface area is 157 Å². The molecule has 0 aliphatic rings. The molecule has 0 spiro atoms. The fourth-order valence-electron chi connectivity index (χ4n) is 2.40. The molecule has 2 aromatic carbocycles. The maximum atomic E-state index is 13.8. The number of nitrogens with zero attached hydrogens (tertiary/aromatic N) is 1. The zero-order chi connectivity index (χ0) is 20.3. The lowest BCUT2D eigenvalue weighted by molar-refractivity contribution is -0.141. The van der Waals surface area contributed by atoms with Gasteiger partial charge in [-0.15, -0.1) is 0 Å². The molecule has 0 fully saturated rings. The number of hydrogen-bond acceptors (Lipinski definition) is 6. The lowest BCUT2D eigenvalue weighted by atomic mass is 10.1. The smallest absolute Gasteiger partial charge is 0.332 e. The first kappa shape index (κ1) is 19.0. The average Bonchev–Trinajstić information content (AvgIpc) is 2.67. The van der Waals surface area contributed by atoms with E-state index in [1.54, 1.807) is 18.2 Å². The van der Waals surface area contributed by atoms with Crippen LogP contribution in [-0.2, 0) is 9.63 Å². The van der Waals surface area contributed by atoms with Crippen molar-refractivity contribution in [3.8, 4) is 5.75 Å². The summed E-state index contributed by atoms with van der Waals surface area (Å²) in [5, 5.41) is 6.34. The summed E-state index contributed by atoms with van der Waals surface area (Å²) in [6.07, 6.45) is 0. The summed E-state index contributed by atoms with van der Waals surface area (Å²) in [6, 6.07) is 9.10. The Morgan fingerprint density at radius 3 is 2.61 bits per heavy atom. The molecule has 0 aliphatic carbocycles. The van der Waals surface area contributed by atoms with Gasteiger partial charge in [0.05, 0.1) is 12.8 Å². The number of carbonyl (C=O) groups excluding carboxylic acids is 2. The van der Waals surface area contributed by atoms with Crippen LogP contribution in [0.5, 0.6) is 5.75 Å². The number of amides is 1. The van der Waals surface area contributed by atoms with Gasteiger partial charge in [0.2, 0.25) is 0 Å². The largest absolute Gasteiger partial charge is 0.493 e. The van der Waals surface area contributed by atoms with Crippen LogP contribution in [0.1, 0.15) is 17.3 Å². The number of fused-ring (bicyclic) bond motifs is 1. The molecule has 1 amide bonds. The van der Waals surface area contributed by atoms with Crippen LogP contribution in [0.2, 0.25) is 0 Å². The van der Waals surface area contributed by atoms with Crippen molar-refractivity contribution in [2.24, 2.45) is 5.16 Å². The number of anilines is 1. The molecule has 0 unspecified atom stereocenters. The third-order valence-electron chi connectivity index (χ3n) is 3.64. The second-order valence-electron chi connectivity index (χ2n) is 5.60. The normalized spacial score (nSPS) is 11.4. The minimum Gasteiger partial charge on any atom is -0.493 e. The predicted octanol–water partition coefficient (Wildman–Crippen LogP) is 3.35. The van der Waals surface area contributed by atoms with Crippen molar-refractivity contribution in [1.82, 2.24) is 0 Å². The van der Waals surface area contributed by atoms with Crippen molar-refractivity contribution in [3.63, 3.8) is 0 Å². The summed E-state index contributed by atoms with van der Waals surface area (Å²) in [4.78, 5) is 28.3. The van der Waals surface area contributed by atoms with Gasteiger partial charge >= 0.3 is 5.97 Å². The van der Waals surface area contributed by atoms with E-state index >= 15 is 0 Å². The number of methoxy groups -OCH3 is 1. The topological polar surface area (TPSA) is 90.1 Å². The van der Waals surface area contributed by atoms with E-state index < -0.39 is 23.5 Å². The molecule has 0 radical (unpaired) electrons. The van der Waals surface area contributed by atoms with E-state index in [9.17, 15) is 18.4 Å². The van der Waals surface area contributed by atoms with Gasteiger partial charge < -0.3 is 19.3 Å². The van der Waals surface area contributed by atoms with Gasteiger partial charge in [-0.1, -0.05) is 12.1 Å². The molecule has 1 N–H and O–H groups in total. The van der Waals surface area contributed by atoms with Crippen molar-refractivity contribution < 1.29 is 32.4 Å². The molecule has 0 saturated carbocycles. The highest BCUT2D eigenvalue weighted by molar-refractivity contribution is 6.05. The number of halogens is 2. The average molecular weight is 388 g/mol. The third kappa shape index (κ3) is 3.98. The van der Waals surface area contributed by atoms with E-state index in [0.717, 1.165) is 19.1 Å². The third-order valence-corrected chi connectivity index (χ3v) is 3.64. The molecule has 1 heterocycles. The van der Waals surface area contributed by atoms with Crippen LogP contribution in [0.25, 0.3) is 11.0 Å². The fraction of sp³-hybridized carbons (Fsp3) is 0.105. The van der Waals surface area contributed by atoms with Crippen LogP contribution in [0.3, 0.4) is 0 Å². The van der Waals surface area contributed by atoms with Gasteiger partial charge in [-0.3, -0.25) is 4.79 Å². The van der Waals surface area contributed by atoms with Gasteiger partial charge in [0.1, 0.15) is 17.2 Å². The molecule has 0 aliphatic heterocycles. The first-order chi connectivity index (χ1) is 13.4. The molecule has 9 heteroatoms. The summed E-state index contributed by atoms with van der Waals surface area (Å²) >= 11 is 0. The van der Waals surface area contributed by atoms with Crippen molar-refractivity contribution >= 4 is 28.5 Å². The molecule has 0 saturated heterocycles. The molecule has 1 aromatic heterocycles. The highest BCUT2D eigenvalue weighted by Crippen LogP contribution is 2.25. The zero-order valence-electron chi connectivity index (χ0n) is 14.8. The summed E-state index contributed by atoms with van der Waals surface area (Å²) in [6.45, 7) is 1.12. The van der Waals surface area contributed by atoms with Crippen molar-refractivity contribution in [3.05, 3.63) is 65.2 Å². The number of ether oxygens (including phenoxy) is 1. The number of rotatable bonds is 4. The summed E-state index contributed by atoms with van der Waals surface area (Å²) in [7, 11) is 1.44. The number of benzene rings is 2. The maximum absolute atomic E-state index is 13.8. The minimum absolute atomic E-state index is 0.134. The van der Waals surface area contributed by atoms with Gasteiger partial charge in [-0.25, -0.2) is 13.6 Å². The second kappa shape index (κ2) is 7.87. The van der Waals surface area contributed by atoms with Crippen molar-refractivity contribution in [1.29, 1.82) is 0 Å². The van der Waals surface area contributed by atoms with Gasteiger partial charge in [-0.2, -0.15) is 0 Å². The molecule has 144 valence electrons. The summed E-state index contributed by atoms with van der Waals surface area (Å²) in [5.74, 6) is -2.90. The molecular weight excluding hydrogens is 374 g/mol. The van der Waals surface area contributed by atoms with E-state index in [1.165, 1.54) is 13.2 Å². The minimum atomic E-state index is -0.953. The van der Waals surface area contributed by atoms with Crippen LogP contribution < -0.4 is 15.6 Å². The molecule has 7 nitrogen and oxygen atoms in total. The molecule has 0 bridgehead atoms. The number of carbonyl (C=O) groups is 2. The monoisotopic (exact) mass is 388 g/mol. The van der Waals surface area contributed by atoms with Crippen LogP contribution in [0.15, 0.2) is 52.0 Å². The highest BCUT2D eigenvalue weighted by Gasteiger charge is 2.17.